The maximum atomic E-state index is 14.3. The van der Waals surface area contributed by atoms with Crippen molar-refractivity contribution in [2.45, 2.75) is 45.5 Å². The molecule has 8 heteroatoms. The number of benzene rings is 2. The Bertz CT molecular complexity index is 1200. The third-order valence-corrected chi connectivity index (χ3v) is 5.71. The molecule has 3 aromatic rings. The van der Waals surface area contributed by atoms with Crippen molar-refractivity contribution in [2.75, 3.05) is 6.54 Å². The number of primary amides is 1. The number of aromatic nitrogens is 1. The van der Waals surface area contributed by atoms with Gasteiger partial charge in [-0.2, -0.15) is 18.4 Å². The van der Waals surface area contributed by atoms with Gasteiger partial charge in [0.15, 0.2) is 0 Å². The van der Waals surface area contributed by atoms with Gasteiger partial charge >= 0.3 is 6.18 Å². The lowest BCUT2D eigenvalue weighted by Gasteiger charge is -2.37. The Kier molecular flexibility index (Phi) is 7.57. The Hall–Kier alpha value is -3.44. The second kappa shape index (κ2) is 10.2. The molecule has 0 bridgehead atoms. The number of alkyl halides is 3. The summed E-state index contributed by atoms with van der Waals surface area (Å²) in [4.78, 5) is 17.5. The van der Waals surface area contributed by atoms with Crippen LogP contribution in [0.1, 0.15) is 37.6 Å². The van der Waals surface area contributed by atoms with Gasteiger partial charge in [-0.1, -0.05) is 56.3 Å². The van der Waals surface area contributed by atoms with Gasteiger partial charge in [-0.15, -0.1) is 0 Å². The number of carbonyl (C=O) groups excluding carboxylic acids is 1. The molecule has 3 rings (SSSR count). The van der Waals surface area contributed by atoms with E-state index < -0.39 is 30.7 Å². The van der Waals surface area contributed by atoms with Crippen LogP contribution in [0.2, 0.25) is 0 Å². The summed E-state index contributed by atoms with van der Waals surface area (Å²) in [5, 5.41) is 10.2. The number of fused-ring (bicyclic) bond motifs is 1. The monoisotopic (exact) mass is 468 g/mol. The van der Waals surface area contributed by atoms with Crippen molar-refractivity contribution >= 4 is 16.8 Å². The van der Waals surface area contributed by atoms with E-state index in [0.717, 1.165) is 32.6 Å². The van der Waals surface area contributed by atoms with E-state index in [2.05, 4.69) is 4.98 Å². The number of halogens is 3. The highest BCUT2D eigenvalue weighted by Crippen LogP contribution is 2.40. The first-order chi connectivity index (χ1) is 16.0. The lowest BCUT2D eigenvalue weighted by atomic mass is 9.95. The van der Waals surface area contributed by atoms with Crippen molar-refractivity contribution < 1.29 is 18.0 Å². The Balaban J connectivity index is 2.02. The molecule has 0 saturated heterocycles. The third kappa shape index (κ3) is 5.72. The molecule has 5 nitrogen and oxygen atoms in total. The third-order valence-electron chi connectivity index (χ3n) is 5.71. The molecule has 1 unspecified atom stereocenters. The van der Waals surface area contributed by atoms with Crippen molar-refractivity contribution in [3.05, 3.63) is 65.9 Å². The smallest absolute Gasteiger partial charge is 0.368 e. The van der Waals surface area contributed by atoms with E-state index in [1.54, 1.807) is 32.0 Å². The zero-order chi connectivity index (χ0) is 25.0. The lowest BCUT2D eigenvalue weighted by molar-refractivity contribution is -0.192. The number of rotatable bonds is 8. The minimum atomic E-state index is -4.71. The van der Waals surface area contributed by atoms with Crippen LogP contribution in [0.25, 0.3) is 22.0 Å². The molecule has 1 heterocycles. The van der Waals surface area contributed by atoms with Crippen molar-refractivity contribution in [2.24, 2.45) is 11.7 Å². The Morgan fingerprint density at radius 3 is 2.26 bits per heavy atom. The van der Waals surface area contributed by atoms with Crippen LogP contribution in [-0.4, -0.2) is 34.6 Å². The number of amides is 1. The van der Waals surface area contributed by atoms with Gasteiger partial charge in [0.2, 0.25) is 5.91 Å². The molecule has 2 aromatic carbocycles. The van der Waals surface area contributed by atoms with E-state index in [9.17, 15) is 23.2 Å². The number of hydrogen-bond donors (Lipinski definition) is 1. The molecule has 2 atom stereocenters. The van der Waals surface area contributed by atoms with Gasteiger partial charge in [0.1, 0.15) is 6.04 Å². The van der Waals surface area contributed by atoms with Crippen LogP contribution in [0.5, 0.6) is 0 Å². The van der Waals surface area contributed by atoms with E-state index in [1.807, 2.05) is 37.3 Å². The molecule has 34 heavy (non-hydrogen) atoms. The maximum Gasteiger partial charge on any atom is 0.408 e. The first-order valence-electron chi connectivity index (χ1n) is 11.0. The van der Waals surface area contributed by atoms with Gasteiger partial charge < -0.3 is 5.73 Å². The summed E-state index contributed by atoms with van der Waals surface area (Å²) in [5.41, 5.74) is 8.63. The zero-order valence-electron chi connectivity index (χ0n) is 19.3. The van der Waals surface area contributed by atoms with Crippen molar-refractivity contribution in [3.8, 4) is 17.2 Å². The van der Waals surface area contributed by atoms with E-state index in [1.165, 1.54) is 12.1 Å². The van der Waals surface area contributed by atoms with Crippen LogP contribution in [0.4, 0.5) is 13.2 Å². The standard InChI is InChI=1S/C26H27F3N4O/c1-16(2)14-23(25(31)34)33(13-12-30)24(26(27,28)29)20-9-6-18(7-10-20)21-11-8-19-5-4-17(3)32-22(19)15-21/h4-11,15-16,23-24H,13-14H2,1-3H3,(H2,31,34)/t23-,24?/m0/s1. The average molecular weight is 469 g/mol. The van der Waals surface area contributed by atoms with Crippen LogP contribution in [0, 0.1) is 24.2 Å². The first-order valence-corrected chi connectivity index (χ1v) is 11.0. The minimum Gasteiger partial charge on any atom is -0.368 e. The van der Waals surface area contributed by atoms with Gasteiger partial charge in [-0.25, -0.2) is 0 Å². The Morgan fingerprint density at radius 1 is 1.09 bits per heavy atom. The van der Waals surface area contributed by atoms with Crippen LogP contribution in [-0.2, 0) is 4.79 Å². The minimum absolute atomic E-state index is 0.0590. The summed E-state index contributed by atoms with van der Waals surface area (Å²) in [6.45, 7) is 4.89. The van der Waals surface area contributed by atoms with E-state index in [0.29, 0.717) is 0 Å². The molecule has 0 radical (unpaired) electrons. The van der Waals surface area contributed by atoms with E-state index in [-0.39, 0.29) is 17.9 Å². The van der Waals surface area contributed by atoms with Gasteiger partial charge in [0, 0.05) is 11.1 Å². The summed E-state index contributed by atoms with van der Waals surface area (Å²) in [5.74, 6) is -0.964. The quantitative estimate of drug-likeness (QED) is 0.440. The fourth-order valence-electron chi connectivity index (χ4n) is 4.15. The van der Waals surface area contributed by atoms with Gasteiger partial charge in [0.25, 0.3) is 0 Å². The molecule has 0 spiro atoms. The second-order valence-corrected chi connectivity index (χ2v) is 8.80. The van der Waals surface area contributed by atoms with Crippen LogP contribution in [0.15, 0.2) is 54.6 Å². The maximum absolute atomic E-state index is 14.3. The van der Waals surface area contributed by atoms with Crippen LogP contribution in [0.3, 0.4) is 0 Å². The summed E-state index contributed by atoms with van der Waals surface area (Å²) >= 11 is 0. The molecule has 0 fully saturated rings. The predicted octanol–water partition coefficient (Wildman–Crippen LogP) is 5.54. The fraction of sp³-hybridized carbons (Fsp3) is 0.346. The summed E-state index contributed by atoms with van der Waals surface area (Å²) in [6, 6.07) is 14.0. The number of carbonyl (C=O) groups is 1. The molecule has 178 valence electrons. The number of nitriles is 1. The Labute approximate surface area is 197 Å². The summed E-state index contributed by atoms with van der Waals surface area (Å²) in [6.07, 6.45) is -4.60. The molecular weight excluding hydrogens is 441 g/mol. The molecule has 0 saturated carbocycles. The first kappa shape index (κ1) is 25.2. The lowest BCUT2D eigenvalue weighted by Crippen LogP contribution is -2.51. The molecular formula is C26H27F3N4O. The molecule has 0 aliphatic rings. The van der Waals surface area contributed by atoms with Gasteiger partial charge in [-0.05, 0) is 48.1 Å². The normalized spacial score (nSPS) is 13.7. The van der Waals surface area contributed by atoms with Crippen LogP contribution < -0.4 is 5.73 Å². The SMILES string of the molecule is Cc1ccc2ccc(-c3ccc(C(N(CC#N)[C@@H](CC(C)C)C(N)=O)C(F)(F)F)cc3)cc2n1. The van der Waals surface area contributed by atoms with Crippen molar-refractivity contribution in [3.63, 3.8) is 0 Å². The fourth-order valence-corrected chi connectivity index (χ4v) is 4.15. The van der Waals surface area contributed by atoms with E-state index >= 15 is 0 Å². The second-order valence-electron chi connectivity index (χ2n) is 8.80. The number of nitrogens with zero attached hydrogens (tertiary/aromatic N) is 3. The molecule has 0 aliphatic carbocycles. The largest absolute Gasteiger partial charge is 0.408 e. The Morgan fingerprint density at radius 2 is 1.71 bits per heavy atom. The number of hydrogen-bond acceptors (Lipinski definition) is 4. The average Bonchev–Trinajstić information content (AvgIpc) is 2.76. The van der Waals surface area contributed by atoms with Gasteiger partial charge in [0.05, 0.1) is 24.2 Å². The molecule has 1 aromatic heterocycles. The van der Waals surface area contributed by atoms with Crippen LogP contribution >= 0.6 is 0 Å². The van der Waals surface area contributed by atoms with Crippen molar-refractivity contribution in [1.82, 2.24) is 9.88 Å². The number of aryl methyl sites for hydroxylation is 1. The number of pyridine rings is 1. The highest BCUT2D eigenvalue weighted by Gasteiger charge is 2.47. The highest BCUT2D eigenvalue weighted by molar-refractivity contribution is 5.84. The summed E-state index contributed by atoms with van der Waals surface area (Å²) in [7, 11) is 0. The van der Waals surface area contributed by atoms with Gasteiger partial charge in [-0.3, -0.25) is 14.7 Å². The van der Waals surface area contributed by atoms with E-state index in [4.69, 9.17) is 5.73 Å². The molecule has 2 N–H and O–H groups in total. The summed E-state index contributed by atoms with van der Waals surface area (Å²) < 4.78 is 42.8. The topological polar surface area (TPSA) is 83.0 Å². The van der Waals surface area contributed by atoms with Crippen molar-refractivity contribution in [1.29, 1.82) is 5.26 Å². The molecule has 0 aliphatic heterocycles. The zero-order valence-corrected chi connectivity index (χ0v) is 19.3. The molecule has 1 amide bonds. The highest BCUT2D eigenvalue weighted by atomic mass is 19.4. The predicted molar refractivity (Wildman–Crippen MR) is 125 cm³/mol. The number of nitrogens with two attached hydrogens (primary N) is 1.